The van der Waals surface area contributed by atoms with Gasteiger partial charge in [-0.15, -0.1) is 0 Å². The molecule has 1 heteroatoms. The molecule has 0 saturated carbocycles. The first-order valence-corrected chi connectivity index (χ1v) is 8.31. The maximum atomic E-state index is 2.40. The topological polar surface area (TPSA) is 4.93 Å². The van der Waals surface area contributed by atoms with Gasteiger partial charge >= 0.3 is 0 Å². The van der Waals surface area contributed by atoms with Crippen LogP contribution < -0.4 is 0 Å². The standard InChI is InChI=1S/C23H17N/c1-16-15-21-19-12-7-8-14-22(19)24(17-9-3-2-4-10-17)23(21)20-13-6-5-11-18(16)20/h2-15H,1H3. The molecule has 0 fully saturated rings. The third kappa shape index (κ3) is 1.75. The molecule has 0 bridgehead atoms. The van der Waals surface area contributed by atoms with E-state index in [1.165, 1.54) is 43.8 Å². The summed E-state index contributed by atoms with van der Waals surface area (Å²) in [5.74, 6) is 0. The largest absolute Gasteiger partial charge is 0.309 e. The fourth-order valence-corrected chi connectivity index (χ4v) is 3.85. The van der Waals surface area contributed by atoms with Gasteiger partial charge in [-0.1, -0.05) is 60.7 Å². The Labute approximate surface area is 140 Å². The van der Waals surface area contributed by atoms with E-state index in [0.717, 1.165) is 0 Å². The Morgan fingerprint density at radius 1 is 0.583 bits per heavy atom. The maximum absolute atomic E-state index is 2.40. The molecule has 24 heavy (non-hydrogen) atoms. The molecule has 114 valence electrons. The third-order valence-corrected chi connectivity index (χ3v) is 4.90. The summed E-state index contributed by atoms with van der Waals surface area (Å²) in [4.78, 5) is 0. The molecule has 0 aliphatic heterocycles. The molecule has 1 heterocycles. The average Bonchev–Trinajstić information content (AvgIpc) is 2.97. The first-order valence-electron chi connectivity index (χ1n) is 8.31. The number of rotatable bonds is 1. The van der Waals surface area contributed by atoms with E-state index in [0.29, 0.717) is 0 Å². The summed E-state index contributed by atoms with van der Waals surface area (Å²) < 4.78 is 2.40. The Kier molecular flexibility index (Phi) is 2.77. The molecular weight excluding hydrogens is 290 g/mol. The SMILES string of the molecule is Cc1cc2c3ccccc3n(-c3ccccc3)c2c2ccccc12. The maximum Gasteiger partial charge on any atom is 0.0619 e. The van der Waals surface area contributed by atoms with Crippen molar-refractivity contribution in [3.63, 3.8) is 0 Å². The minimum atomic E-state index is 1.21. The number of aryl methyl sites for hydroxylation is 1. The highest BCUT2D eigenvalue weighted by Gasteiger charge is 2.15. The van der Waals surface area contributed by atoms with E-state index in [1.54, 1.807) is 0 Å². The van der Waals surface area contributed by atoms with Gasteiger partial charge in [-0.25, -0.2) is 0 Å². The van der Waals surface area contributed by atoms with Gasteiger partial charge in [-0.2, -0.15) is 0 Å². The van der Waals surface area contributed by atoms with Crippen molar-refractivity contribution in [2.45, 2.75) is 6.92 Å². The molecule has 1 aromatic heterocycles. The first kappa shape index (κ1) is 13.4. The lowest BCUT2D eigenvalue weighted by Gasteiger charge is -2.10. The van der Waals surface area contributed by atoms with Gasteiger partial charge in [0.2, 0.25) is 0 Å². The van der Waals surface area contributed by atoms with Gasteiger partial charge in [-0.3, -0.25) is 0 Å². The lowest BCUT2D eigenvalue weighted by atomic mass is 10.0. The second kappa shape index (κ2) is 4.97. The Hall–Kier alpha value is -3.06. The first-order chi connectivity index (χ1) is 11.8. The van der Waals surface area contributed by atoms with Crippen LogP contribution in [0.4, 0.5) is 0 Å². The molecule has 0 amide bonds. The summed E-state index contributed by atoms with van der Waals surface area (Å²) in [5, 5.41) is 5.27. The van der Waals surface area contributed by atoms with Crippen LogP contribution in [0.25, 0.3) is 38.3 Å². The smallest absolute Gasteiger partial charge is 0.0619 e. The number of hydrogen-bond acceptors (Lipinski definition) is 0. The number of fused-ring (bicyclic) bond motifs is 5. The molecular formula is C23H17N. The molecule has 4 aromatic carbocycles. The fraction of sp³-hybridized carbons (Fsp3) is 0.0435. The van der Waals surface area contributed by atoms with Gasteiger partial charge < -0.3 is 4.57 Å². The van der Waals surface area contributed by atoms with Crippen LogP contribution in [0, 0.1) is 6.92 Å². The molecule has 0 N–H and O–H groups in total. The van der Waals surface area contributed by atoms with Crippen molar-refractivity contribution in [2.75, 3.05) is 0 Å². The molecule has 0 saturated heterocycles. The summed E-state index contributed by atoms with van der Waals surface area (Å²) in [6.45, 7) is 2.20. The highest BCUT2D eigenvalue weighted by Crippen LogP contribution is 2.37. The van der Waals surface area contributed by atoms with E-state index >= 15 is 0 Å². The Bertz CT molecular complexity index is 1200. The van der Waals surface area contributed by atoms with Crippen molar-refractivity contribution in [3.8, 4) is 5.69 Å². The van der Waals surface area contributed by atoms with Crippen molar-refractivity contribution in [1.82, 2.24) is 4.57 Å². The molecule has 0 spiro atoms. The predicted molar refractivity (Wildman–Crippen MR) is 103 cm³/mol. The third-order valence-electron chi connectivity index (χ3n) is 4.90. The van der Waals surface area contributed by atoms with E-state index in [-0.39, 0.29) is 0 Å². The monoisotopic (exact) mass is 307 g/mol. The van der Waals surface area contributed by atoms with E-state index in [9.17, 15) is 0 Å². The molecule has 0 aliphatic carbocycles. The predicted octanol–water partition coefficient (Wildman–Crippen LogP) is 6.25. The number of benzene rings is 4. The second-order valence-electron chi connectivity index (χ2n) is 6.32. The summed E-state index contributed by atoms with van der Waals surface area (Å²) in [6, 6.07) is 30.4. The zero-order valence-corrected chi connectivity index (χ0v) is 13.5. The van der Waals surface area contributed by atoms with Crippen molar-refractivity contribution in [2.24, 2.45) is 0 Å². The van der Waals surface area contributed by atoms with Gasteiger partial charge in [0, 0.05) is 21.8 Å². The van der Waals surface area contributed by atoms with E-state index < -0.39 is 0 Å². The van der Waals surface area contributed by atoms with Crippen molar-refractivity contribution in [3.05, 3.63) is 90.5 Å². The highest BCUT2D eigenvalue weighted by atomic mass is 15.0. The normalized spacial score (nSPS) is 11.5. The van der Waals surface area contributed by atoms with Gasteiger partial charge in [0.1, 0.15) is 0 Å². The molecule has 0 atom stereocenters. The van der Waals surface area contributed by atoms with E-state index in [1.807, 2.05) is 0 Å². The summed E-state index contributed by atoms with van der Waals surface area (Å²) >= 11 is 0. The van der Waals surface area contributed by atoms with Crippen LogP contribution in [0.3, 0.4) is 0 Å². The fourth-order valence-electron chi connectivity index (χ4n) is 3.85. The van der Waals surface area contributed by atoms with E-state index in [4.69, 9.17) is 0 Å². The molecule has 5 aromatic rings. The Morgan fingerprint density at radius 2 is 1.21 bits per heavy atom. The van der Waals surface area contributed by atoms with Gasteiger partial charge in [0.25, 0.3) is 0 Å². The van der Waals surface area contributed by atoms with E-state index in [2.05, 4.69) is 96.4 Å². The number of aromatic nitrogens is 1. The molecule has 1 nitrogen and oxygen atoms in total. The van der Waals surface area contributed by atoms with Gasteiger partial charge in [0.15, 0.2) is 0 Å². The Balaban J connectivity index is 2.12. The lowest BCUT2D eigenvalue weighted by molar-refractivity contribution is 1.19. The molecule has 0 unspecified atom stereocenters. The molecule has 5 rings (SSSR count). The zero-order chi connectivity index (χ0) is 16.1. The van der Waals surface area contributed by atoms with Crippen LogP contribution in [0.15, 0.2) is 84.9 Å². The molecule has 0 radical (unpaired) electrons. The minimum Gasteiger partial charge on any atom is -0.309 e. The van der Waals surface area contributed by atoms with Gasteiger partial charge in [0.05, 0.1) is 11.0 Å². The zero-order valence-electron chi connectivity index (χ0n) is 13.5. The van der Waals surface area contributed by atoms with Crippen LogP contribution in [-0.2, 0) is 0 Å². The number of hydrogen-bond donors (Lipinski definition) is 0. The summed E-state index contributed by atoms with van der Waals surface area (Å²) in [7, 11) is 0. The van der Waals surface area contributed by atoms with Crippen LogP contribution in [0.2, 0.25) is 0 Å². The van der Waals surface area contributed by atoms with Crippen LogP contribution in [0.5, 0.6) is 0 Å². The Morgan fingerprint density at radius 3 is 2.00 bits per heavy atom. The van der Waals surface area contributed by atoms with Crippen molar-refractivity contribution >= 4 is 32.6 Å². The summed E-state index contributed by atoms with van der Waals surface area (Å²) in [6.07, 6.45) is 0. The van der Waals surface area contributed by atoms with Crippen molar-refractivity contribution in [1.29, 1.82) is 0 Å². The van der Waals surface area contributed by atoms with Crippen LogP contribution in [-0.4, -0.2) is 4.57 Å². The van der Waals surface area contributed by atoms with Gasteiger partial charge in [-0.05, 0) is 42.1 Å². The minimum absolute atomic E-state index is 1.21. The van der Waals surface area contributed by atoms with Crippen molar-refractivity contribution < 1.29 is 0 Å². The average molecular weight is 307 g/mol. The summed E-state index contributed by atoms with van der Waals surface area (Å²) in [5.41, 5.74) is 5.09. The highest BCUT2D eigenvalue weighted by molar-refractivity contribution is 6.19. The second-order valence-corrected chi connectivity index (χ2v) is 6.32. The number of nitrogens with zero attached hydrogens (tertiary/aromatic N) is 1. The lowest BCUT2D eigenvalue weighted by Crippen LogP contribution is -1.94. The quantitative estimate of drug-likeness (QED) is 0.345. The van der Waals surface area contributed by atoms with Crippen LogP contribution >= 0.6 is 0 Å². The molecule has 0 aliphatic rings. The van der Waals surface area contributed by atoms with Crippen LogP contribution in [0.1, 0.15) is 5.56 Å². The number of para-hydroxylation sites is 2.